The summed E-state index contributed by atoms with van der Waals surface area (Å²) in [7, 11) is 4.60. The first kappa shape index (κ1) is 27.8. The summed E-state index contributed by atoms with van der Waals surface area (Å²) in [4.78, 5) is 0. The van der Waals surface area contributed by atoms with Gasteiger partial charge in [-0.25, -0.2) is 0 Å². The summed E-state index contributed by atoms with van der Waals surface area (Å²) < 4.78 is 0.986. The van der Waals surface area contributed by atoms with Gasteiger partial charge in [-0.1, -0.05) is 126 Å². The Morgan fingerprint density at radius 3 is 1.50 bits per heavy atom. The Morgan fingerprint density at radius 2 is 1.07 bits per heavy atom. The smallest absolute Gasteiger partial charge is 0.105 e. The number of benzene rings is 1. The van der Waals surface area contributed by atoms with E-state index in [9.17, 15) is 0 Å². The molecule has 0 aromatic heterocycles. The number of unbranched alkanes of at least 4 members (excludes halogenated alkanes) is 15. The second-order valence-electron chi connectivity index (χ2n) is 9.86. The molecular formula is C27H48Cl2N+. The van der Waals surface area contributed by atoms with Gasteiger partial charge in [-0.05, 0) is 25.0 Å². The molecule has 3 heteroatoms. The van der Waals surface area contributed by atoms with Crippen molar-refractivity contribution in [2.45, 2.75) is 116 Å². The Bertz CT molecular complexity index is 542. The number of nitrogens with zero attached hydrogens (tertiary/aromatic N) is 1. The molecule has 0 unspecified atom stereocenters. The zero-order valence-corrected chi connectivity index (χ0v) is 21.7. The molecule has 0 aliphatic rings. The van der Waals surface area contributed by atoms with Crippen LogP contribution in [-0.4, -0.2) is 25.1 Å². The van der Waals surface area contributed by atoms with E-state index in [0.717, 1.165) is 16.1 Å². The lowest BCUT2D eigenvalue weighted by Crippen LogP contribution is -2.39. The SMILES string of the molecule is CCCCCCCCCCCCCCCCCC[N+](C)(C)Cc1ccc(Cl)cc1Cl. The Balaban J connectivity index is 1.92. The highest BCUT2D eigenvalue weighted by molar-refractivity contribution is 6.35. The fourth-order valence-electron chi connectivity index (χ4n) is 4.28. The molecule has 1 rings (SSSR count). The van der Waals surface area contributed by atoms with Crippen LogP contribution in [0.2, 0.25) is 10.0 Å². The van der Waals surface area contributed by atoms with Gasteiger partial charge in [0.2, 0.25) is 0 Å². The molecule has 1 aromatic rings. The molecule has 30 heavy (non-hydrogen) atoms. The molecule has 0 aliphatic heterocycles. The van der Waals surface area contributed by atoms with E-state index in [-0.39, 0.29) is 0 Å². The van der Waals surface area contributed by atoms with Crippen LogP contribution in [0.3, 0.4) is 0 Å². The van der Waals surface area contributed by atoms with Crippen LogP contribution in [0.1, 0.15) is 115 Å². The van der Waals surface area contributed by atoms with E-state index < -0.39 is 0 Å². The highest BCUT2D eigenvalue weighted by atomic mass is 35.5. The second kappa shape index (κ2) is 17.3. The fraction of sp³-hybridized carbons (Fsp3) is 0.778. The van der Waals surface area contributed by atoms with Crippen LogP contribution >= 0.6 is 23.2 Å². The molecule has 1 aromatic carbocycles. The zero-order chi connectivity index (χ0) is 22.1. The standard InChI is InChI=1S/C27H48Cl2N/c1-4-5-6-7-8-9-10-11-12-13-14-15-16-17-18-19-22-30(2,3)24-25-20-21-26(28)23-27(25)29/h20-21,23H,4-19,22,24H2,1-3H3/q+1. The molecule has 0 saturated carbocycles. The van der Waals surface area contributed by atoms with Gasteiger partial charge in [-0.3, -0.25) is 0 Å². The average Bonchev–Trinajstić information content (AvgIpc) is 2.70. The average molecular weight is 458 g/mol. The highest BCUT2D eigenvalue weighted by Gasteiger charge is 2.17. The lowest BCUT2D eigenvalue weighted by atomic mass is 10.0. The van der Waals surface area contributed by atoms with Gasteiger partial charge >= 0.3 is 0 Å². The summed E-state index contributed by atoms with van der Waals surface area (Å²) in [5, 5.41) is 1.51. The van der Waals surface area contributed by atoms with Gasteiger partial charge in [0.15, 0.2) is 0 Å². The maximum Gasteiger partial charge on any atom is 0.105 e. The van der Waals surface area contributed by atoms with Crippen molar-refractivity contribution in [3.63, 3.8) is 0 Å². The molecular weight excluding hydrogens is 409 g/mol. The highest BCUT2D eigenvalue weighted by Crippen LogP contribution is 2.24. The molecule has 0 heterocycles. The van der Waals surface area contributed by atoms with Crippen molar-refractivity contribution >= 4 is 23.2 Å². The number of quaternary nitrogens is 1. The van der Waals surface area contributed by atoms with Crippen LogP contribution in [0.5, 0.6) is 0 Å². The van der Waals surface area contributed by atoms with Crippen molar-refractivity contribution < 1.29 is 4.48 Å². The maximum atomic E-state index is 6.34. The Labute approximate surface area is 198 Å². The van der Waals surface area contributed by atoms with E-state index in [1.165, 1.54) is 115 Å². The molecule has 0 aliphatic carbocycles. The number of hydrogen-bond acceptors (Lipinski definition) is 0. The van der Waals surface area contributed by atoms with Crippen LogP contribution < -0.4 is 0 Å². The second-order valence-corrected chi connectivity index (χ2v) is 10.7. The van der Waals surface area contributed by atoms with Crippen LogP contribution in [0, 0.1) is 0 Å². The summed E-state index contributed by atoms with van der Waals surface area (Å²) in [5.41, 5.74) is 1.20. The first-order valence-corrected chi connectivity index (χ1v) is 13.5. The lowest BCUT2D eigenvalue weighted by molar-refractivity contribution is -0.903. The third-order valence-corrected chi connectivity index (χ3v) is 6.82. The quantitative estimate of drug-likeness (QED) is 0.143. The van der Waals surface area contributed by atoms with Gasteiger partial charge < -0.3 is 4.48 Å². The first-order chi connectivity index (χ1) is 14.4. The summed E-state index contributed by atoms with van der Waals surface area (Å²) in [6.07, 6.45) is 22.7. The van der Waals surface area contributed by atoms with Crippen molar-refractivity contribution in [2.24, 2.45) is 0 Å². The Hall–Kier alpha value is -0.240. The van der Waals surface area contributed by atoms with E-state index in [2.05, 4.69) is 27.1 Å². The fourth-order valence-corrected chi connectivity index (χ4v) is 4.75. The summed E-state index contributed by atoms with van der Waals surface area (Å²) in [5.74, 6) is 0. The van der Waals surface area contributed by atoms with Crippen LogP contribution in [0.4, 0.5) is 0 Å². The Morgan fingerprint density at radius 1 is 0.633 bits per heavy atom. The zero-order valence-electron chi connectivity index (χ0n) is 20.2. The van der Waals surface area contributed by atoms with Crippen LogP contribution in [0.25, 0.3) is 0 Å². The van der Waals surface area contributed by atoms with Gasteiger partial charge in [-0.2, -0.15) is 0 Å². The summed E-state index contributed by atoms with van der Waals surface area (Å²) >= 11 is 12.4. The van der Waals surface area contributed by atoms with Crippen LogP contribution in [-0.2, 0) is 6.54 Å². The molecule has 0 bridgehead atoms. The van der Waals surface area contributed by atoms with Crippen molar-refractivity contribution in [1.29, 1.82) is 0 Å². The monoisotopic (exact) mass is 456 g/mol. The van der Waals surface area contributed by atoms with Gasteiger partial charge in [0.1, 0.15) is 6.54 Å². The van der Waals surface area contributed by atoms with Gasteiger partial charge in [0, 0.05) is 10.6 Å². The van der Waals surface area contributed by atoms with Crippen molar-refractivity contribution in [3.8, 4) is 0 Å². The van der Waals surface area contributed by atoms with Gasteiger partial charge in [-0.15, -0.1) is 0 Å². The molecule has 0 atom stereocenters. The normalized spacial score (nSPS) is 11.9. The number of rotatable bonds is 19. The predicted octanol–water partition coefficient (Wildman–Crippen LogP) is 9.83. The molecule has 0 N–H and O–H groups in total. The molecule has 0 spiro atoms. The van der Waals surface area contributed by atoms with Crippen molar-refractivity contribution in [1.82, 2.24) is 0 Å². The minimum atomic E-state index is 0.715. The Kier molecular flexibility index (Phi) is 16.1. The lowest BCUT2D eigenvalue weighted by Gasteiger charge is -2.30. The molecule has 1 nitrogen and oxygen atoms in total. The van der Waals surface area contributed by atoms with E-state index in [0.29, 0.717) is 5.02 Å². The number of halogens is 2. The largest absolute Gasteiger partial charge is 0.325 e. The van der Waals surface area contributed by atoms with Gasteiger partial charge in [0.25, 0.3) is 0 Å². The van der Waals surface area contributed by atoms with E-state index in [1.54, 1.807) is 0 Å². The molecule has 0 radical (unpaired) electrons. The third-order valence-electron chi connectivity index (χ3n) is 6.23. The molecule has 174 valence electrons. The van der Waals surface area contributed by atoms with E-state index in [1.807, 2.05) is 12.1 Å². The molecule has 0 amide bonds. The topological polar surface area (TPSA) is 0 Å². The van der Waals surface area contributed by atoms with E-state index in [4.69, 9.17) is 23.2 Å². The number of hydrogen-bond donors (Lipinski definition) is 0. The molecule has 0 saturated heterocycles. The van der Waals surface area contributed by atoms with Crippen LogP contribution in [0.15, 0.2) is 18.2 Å². The first-order valence-electron chi connectivity index (χ1n) is 12.7. The minimum absolute atomic E-state index is 0.715. The summed E-state index contributed by atoms with van der Waals surface area (Å²) in [6.45, 7) is 4.47. The predicted molar refractivity (Wildman–Crippen MR) is 137 cm³/mol. The minimum Gasteiger partial charge on any atom is -0.325 e. The summed E-state index contributed by atoms with van der Waals surface area (Å²) in [6, 6.07) is 5.86. The van der Waals surface area contributed by atoms with Crippen molar-refractivity contribution in [2.75, 3.05) is 20.6 Å². The van der Waals surface area contributed by atoms with Crippen molar-refractivity contribution in [3.05, 3.63) is 33.8 Å². The molecule has 0 fully saturated rings. The maximum absolute atomic E-state index is 6.34. The van der Waals surface area contributed by atoms with E-state index >= 15 is 0 Å². The van der Waals surface area contributed by atoms with Gasteiger partial charge in [0.05, 0.1) is 25.7 Å². The third kappa shape index (κ3) is 14.7.